The average Bonchev–Trinajstić information content (AvgIpc) is 2.96. The fourth-order valence-electron chi connectivity index (χ4n) is 3.25. The summed E-state index contributed by atoms with van der Waals surface area (Å²) in [6.07, 6.45) is 1.14. The van der Waals surface area contributed by atoms with E-state index in [9.17, 15) is 9.59 Å². The van der Waals surface area contributed by atoms with E-state index < -0.39 is 0 Å². The van der Waals surface area contributed by atoms with Crippen molar-refractivity contribution in [2.75, 3.05) is 26.8 Å². The van der Waals surface area contributed by atoms with Crippen LogP contribution in [0.5, 0.6) is 5.88 Å². The van der Waals surface area contributed by atoms with Gasteiger partial charge in [0.1, 0.15) is 0 Å². The fraction of sp³-hybridized carbons (Fsp3) is 0.500. The lowest BCUT2D eigenvalue weighted by atomic mass is 10.0. The van der Waals surface area contributed by atoms with Gasteiger partial charge in [0, 0.05) is 31.7 Å². The zero-order valence-electron chi connectivity index (χ0n) is 15.3. The van der Waals surface area contributed by atoms with Crippen molar-refractivity contribution in [2.24, 2.45) is 7.05 Å². The van der Waals surface area contributed by atoms with Gasteiger partial charge in [-0.3, -0.25) is 4.79 Å². The first kappa shape index (κ1) is 18.0. The van der Waals surface area contributed by atoms with Gasteiger partial charge in [0.05, 0.1) is 24.6 Å². The predicted molar refractivity (Wildman–Crippen MR) is 96.3 cm³/mol. The second-order valence-electron chi connectivity index (χ2n) is 6.30. The summed E-state index contributed by atoms with van der Waals surface area (Å²) in [5, 5.41) is 8.29. The molecule has 140 valence electrons. The Morgan fingerprint density at radius 3 is 2.69 bits per heavy atom. The number of nitrogens with one attached hydrogen (secondary N) is 1. The molecular formula is C18H24N4O4. The van der Waals surface area contributed by atoms with E-state index in [1.54, 1.807) is 42.8 Å². The number of ether oxygens (including phenoxy) is 2. The Morgan fingerprint density at radius 1 is 1.31 bits per heavy atom. The number of nitrogens with zero attached hydrogens (tertiary/aromatic N) is 3. The van der Waals surface area contributed by atoms with Crippen LogP contribution in [-0.2, 0) is 11.8 Å². The molecule has 1 aliphatic rings. The molecule has 0 spiro atoms. The molecule has 2 heterocycles. The molecule has 0 radical (unpaired) electrons. The smallest absolute Gasteiger partial charge is 0.409 e. The van der Waals surface area contributed by atoms with Gasteiger partial charge in [0.25, 0.3) is 5.91 Å². The Bertz CT molecular complexity index is 809. The van der Waals surface area contributed by atoms with Crippen molar-refractivity contribution < 1.29 is 19.1 Å². The maximum Gasteiger partial charge on any atom is 0.409 e. The van der Waals surface area contributed by atoms with E-state index in [4.69, 9.17) is 9.47 Å². The molecule has 1 aliphatic heterocycles. The highest BCUT2D eigenvalue weighted by atomic mass is 16.6. The van der Waals surface area contributed by atoms with Crippen LogP contribution in [0.25, 0.3) is 10.9 Å². The predicted octanol–water partition coefficient (Wildman–Crippen LogP) is 1.93. The normalized spacial score (nSPS) is 15.1. The van der Waals surface area contributed by atoms with Crippen LogP contribution in [0.1, 0.15) is 30.1 Å². The molecule has 0 saturated carbocycles. The van der Waals surface area contributed by atoms with Crippen molar-refractivity contribution in [3.8, 4) is 5.88 Å². The van der Waals surface area contributed by atoms with Crippen molar-refractivity contribution in [3.63, 3.8) is 0 Å². The zero-order valence-corrected chi connectivity index (χ0v) is 15.3. The van der Waals surface area contributed by atoms with Gasteiger partial charge in [0.15, 0.2) is 0 Å². The number of carbonyl (C=O) groups excluding carboxylic acids is 2. The number of rotatable bonds is 4. The van der Waals surface area contributed by atoms with Gasteiger partial charge < -0.3 is 19.7 Å². The summed E-state index contributed by atoms with van der Waals surface area (Å²) in [4.78, 5) is 26.0. The second kappa shape index (κ2) is 7.63. The van der Waals surface area contributed by atoms with Crippen molar-refractivity contribution in [3.05, 3.63) is 23.8 Å². The molecule has 0 aliphatic carbocycles. The lowest BCUT2D eigenvalue weighted by molar-refractivity contribution is 0.0860. The minimum Gasteiger partial charge on any atom is -0.481 e. The third-order valence-electron chi connectivity index (χ3n) is 4.59. The molecule has 0 atom stereocenters. The van der Waals surface area contributed by atoms with Gasteiger partial charge in [0.2, 0.25) is 5.88 Å². The number of aromatic nitrogens is 2. The standard InChI is InChI=1S/C18H24N4O4/c1-4-26-18(24)22-9-7-13(8-10-22)19-16(23)12-5-6-14-15(11-12)20-21(2)17(14)25-3/h5-6,11,13H,4,7-10H2,1-3H3,(H,19,23). The molecule has 3 rings (SSSR count). The Kier molecular flexibility index (Phi) is 5.29. The Labute approximate surface area is 152 Å². The van der Waals surface area contributed by atoms with Crippen LogP contribution in [-0.4, -0.2) is 59.5 Å². The third kappa shape index (κ3) is 3.58. The maximum absolute atomic E-state index is 12.6. The minimum absolute atomic E-state index is 0.0437. The molecule has 1 aromatic heterocycles. The molecule has 1 fully saturated rings. The molecule has 2 amide bonds. The molecule has 8 heteroatoms. The molecule has 2 aromatic rings. The largest absolute Gasteiger partial charge is 0.481 e. The Morgan fingerprint density at radius 2 is 2.04 bits per heavy atom. The van der Waals surface area contributed by atoms with Crippen LogP contribution in [0.15, 0.2) is 18.2 Å². The van der Waals surface area contributed by atoms with Crippen molar-refractivity contribution >= 4 is 22.9 Å². The quantitative estimate of drug-likeness (QED) is 0.900. The summed E-state index contributed by atoms with van der Waals surface area (Å²) in [6.45, 7) is 3.33. The minimum atomic E-state index is -0.285. The van der Waals surface area contributed by atoms with Crippen LogP contribution >= 0.6 is 0 Å². The first-order chi connectivity index (χ1) is 12.5. The van der Waals surface area contributed by atoms with Crippen molar-refractivity contribution in [1.82, 2.24) is 20.0 Å². The molecule has 0 bridgehead atoms. The fourth-order valence-corrected chi connectivity index (χ4v) is 3.25. The zero-order chi connectivity index (χ0) is 18.7. The lowest BCUT2D eigenvalue weighted by Gasteiger charge is -2.31. The van der Waals surface area contributed by atoms with E-state index in [0.29, 0.717) is 49.5 Å². The number of hydrogen-bond acceptors (Lipinski definition) is 5. The number of aryl methyl sites for hydroxylation is 1. The summed E-state index contributed by atoms with van der Waals surface area (Å²) >= 11 is 0. The molecule has 1 aromatic carbocycles. The van der Waals surface area contributed by atoms with E-state index in [1.165, 1.54) is 0 Å². The molecular weight excluding hydrogens is 336 g/mol. The number of benzene rings is 1. The number of methoxy groups -OCH3 is 1. The number of amides is 2. The van der Waals surface area contributed by atoms with Gasteiger partial charge in [-0.1, -0.05) is 0 Å². The number of carbonyl (C=O) groups is 2. The lowest BCUT2D eigenvalue weighted by Crippen LogP contribution is -2.46. The summed E-state index contributed by atoms with van der Waals surface area (Å²) in [6, 6.07) is 5.43. The van der Waals surface area contributed by atoms with Gasteiger partial charge in [-0.25, -0.2) is 9.48 Å². The number of hydrogen-bond donors (Lipinski definition) is 1. The highest BCUT2D eigenvalue weighted by molar-refractivity contribution is 5.98. The highest BCUT2D eigenvalue weighted by Gasteiger charge is 2.25. The van der Waals surface area contributed by atoms with Crippen LogP contribution in [0, 0.1) is 0 Å². The maximum atomic E-state index is 12.6. The number of fused-ring (bicyclic) bond motifs is 1. The topological polar surface area (TPSA) is 85.7 Å². The van der Waals surface area contributed by atoms with Gasteiger partial charge >= 0.3 is 6.09 Å². The summed E-state index contributed by atoms with van der Waals surface area (Å²) < 4.78 is 12.0. The summed E-state index contributed by atoms with van der Waals surface area (Å²) in [5.74, 6) is 0.532. The van der Waals surface area contributed by atoms with Crippen LogP contribution in [0.2, 0.25) is 0 Å². The van der Waals surface area contributed by atoms with Gasteiger partial charge in [-0.2, -0.15) is 5.10 Å². The van der Waals surface area contributed by atoms with E-state index in [2.05, 4.69) is 10.4 Å². The first-order valence-corrected chi connectivity index (χ1v) is 8.76. The number of piperidine rings is 1. The first-order valence-electron chi connectivity index (χ1n) is 8.76. The van der Waals surface area contributed by atoms with Gasteiger partial charge in [-0.05, 0) is 38.0 Å². The molecule has 26 heavy (non-hydrogen) atoms. The van der Waals surface area contributed by atoms with Crippen LogP contribution in [0.4, 0.5) is 4.79 Å². The SMILES string of the molecule is CCOC(=O)N1CCC(NC(=O)c2ccc3c(OC)n(C)nc3c2)CC1. The van der Waals surface area contributed by atoms with E-state index >= 15 is 0 Å². The molecule has 1 N–H and O–H groups in total. The van der Waals surface area contributed by atoms with E-state index in [-0.39, 0.29) is 18.0 Å². The summed E-state index contributed by atoms with van der Waals surface area (Å²) in [5.41, 5.74) is 1.28. The Balaban J connectivity index is 1.62. The van der Waals surface area contributed by atoms with Crippen LogP contribution < -0.4 is 10.1 Å². The third-order valence-corrected chi connectivity index (χ3v) is 4.59. The monoisotopic (exact) mass is 360 g/mol. The van der Waals surface area contributed by atoms with E-state index in [0.717, 1.165) is 5.39 Å². The van der Waals surface area contributed by atoms with Crippen LogP contribution in [0.3, 0.4) is 0 Å². The van der Waals surface area contributed by atoms with Crippen molar-refractivity contribution in [1.29, 1.82) is 0 Å². The second-order valence-corrected chi connectivity index (χ2v) is 6.30. The van der Waals surface area contributed by atoms with Crippen molar-refractivity contribution in [2.45, 2.75) is 25.8 Å². The summed E-state index contributed by atoms with van der Waals surface area (Å²) in [7, 11) is 3.40. The van der Waals surface area contributed by atoms with E-state index in [1.807, 2.05) is 6.07 Å². The number of likely N-dealkylation sites (tertiary alicyclic amines) is 1. The molecule has 1 saturated heterocycles. The average molecular weight is 360 g/mol. The van der Waals surface area contributed by atoms with Gasteiger partial charge in [-0.15, -0.1) is 0 Å². The molecule has 0 unspecified atom stereocenters. The molecule has 8 nitrogen and oxygen atoms in total. The Hall–Kier alpha value is -2.77. The highest BCUT2D eigenvalue weighted by Crippen LogP contribution is 2.25.